The zero-order chi connectivity index (χ0) is 19.0. The predicted octanol–water partition coefficient (Wildman–Crippen LogP) is 4.17. The molecule has 3 aromatic heterocycles. The summed E-state index contributed by atoms with van der Waals surface area (Å²) < 4.78 is 14.8. The number of halogens is 2. The molecule has 0 bridgehead atoms. The maximum absolute atomic E-state index is 13.2. The van der Waals surface area contributed by atoms with Crippen LogP contribution in [-0.2, 0) is 0 Å². The molecule has 0 aliphatic carbocycles. The van der Waals surface area contributed by atoms with E-state index in [1.165, 1.54) is 18.3 Å². The zero-order valence-corrected chi connectivity index (χ0v) is 14.9. The van der Waals surface area contributed by atoms with Gasteiger partial charge in [0.15, 0.2) is 5.65 Å². The summed E-state index contributed by atoms with van der Waals surface area (Å²) in [4.78, 5) is 20.9. The smallest absolute Gasteiger partial charge is 0.258 e. The van der Waals surface area contributed by atoms with Gasteiger partial charge in [0.1, 0.15) is 5.82 Å². The first-order chi connectivity index (χ1) is 13.0. The first kappa shape index (κ1) is 17.1. The first-order valence-corrected chi connectivity index (χ1v) is 8.43. The van der Waals surface area contributed by atoms with Crippen LogP contribution in [-0.4, -0.2) is 25.7 Å². The fourth-order valence-corrected chi connectivity index (χ4v) is 3.12. The number of anilines is 1. The SMILES string of the molecule is Cc1nn(-c2ccc(F)cc2)c2ncc(C(=O)Nc3ccncc3)c(Cl)c12. The number of hydrogen-bond donors (Lipinski definition) is 1. The van der Waals surface area contributed by atoms with Gasteiger partial charge in [-0.15, -0.1) is 0 Å². The highest BCUT2D eigenvalue weighted by Crippen LogP contribution is 2.30. The van der Waals surface area contributed by atoms with Crippen LogP contribution in [0, 0.1) is 12.7 Å². The van der Waals surface area contributed by atoms with Crippen molar-refractivity contribution in [2.75, 3.05) is 5.32 Å². The van der Waals surface area contributed by atoms with Crippen molar-refractivity contribution in [3.8, 4) is 5.69 Å². The fraction of sp³-hybridized carbons (Fsp3) is 0.0526. The number of nitrogens with zero attached hydrogens (tertiary/aromatic N) is 4. The van der Waals surface area contributed by atoms with Crippen molar-refractivity contribution in [3.63, 3.8) is 0 Å². The third kappa shape index (κ3) is 3.13. The first-order valence-electron chi connectivity index (χ1n) is 8.06. The largest absolute Gasteiger partial charge is 0.322 e. The number of nitrogens with one attached hydrogen (secondary N) is 1. The molecule has 0 aliphatic rings. The van der Waals surface area contributed by atoms with E-state index < -0.39 is 0 Å². The number of fused-ring (bicyclic) bond motifs is 1. The lowest BCUT2D eigenvalue weighted by Crippen LogP contribution is -2.13. The summed E-state index contributed by atoms with van der Waals surface area (Å²) in [5.74, 6) is -0.720. The number of aryl methyl sites for hydroxylation is 1. The molecular weight excluding hydrogens is 369 g/mol. The van der Waals surface area contributed by atoms with Crippen molar-refractivity contribution in [1.82, 2.24) is 19.7 Å². The van der Waals surface area contributed by atoms with Gasteiger partial charge < -0.3 is 5.32 Å². The normalized spacial score (nSPS) is 10.9. The third-order valence-corrected chi connectivity index (χ3v) is 4.45. The lowest BCUT2D eigenvalue weighted by molar-refractivity contribution is 0.102. The van der Waals surface area contributed by atoms with E-state index >= 15 is 0 Å². The highest BCUT2D eigenvalue weighted by Gasteiger charge is 2.20. The zero-order valence-electron chi connectivity index (χ0n) is 14.1. The van der Waals surface area contributed by atoms with Crippen molar-refractivity contribution < 1.29 is 9.18 Å². The molecule has 0 spiro atoms. The number of carbonyl (C=O) groups is 1. The van der Waals surface area contributed by atoms with Crippen LogP contribution in [0.5, 0.6) is 0 Å². The van der Waals surface area contributed by atoms with Gasteiger partial charge in [-0.1, -0.05) is 11.6 Å². The Hall–Kier alpha value is -3.32. The maximum Gasteiger partial charge on any atom is 0.258 e. The number of amides is 1. The molecule has 1 N–H and O–H groups in total. The van der Waals surface area contributed by atoms with Gasteiger partial charge in [0.05, 0.1) is 27.4 Å². The van der Waals surface area contributed by atoms with E-state index in [1.54, 1.807) is 48.3 Å². The molecule has 0 aliphatic heterocycles. The standard InChI is InChI=1S/C19H13ClFN5O/c1-11-16-17(20)15(19(27)24-13-6-8-22-9-7-13)10-23-18(16)26(25-11)14-4-2-12(21)3-5-14/h2-10H,1H3,(H,22,24,27). The van der Waals surface area contributed by atoms with Crippen LogP contribution >= 0.6 is 11.6 Å². The molecule has 0 unspecified atom stereocenters. The molecule has 4 rings (SSSR count). The number of aromatic nitrogens is 4. The summed E-state index contributed by atoms with van der Waals surface area (Å²) in [6.07, 6.45) is 4.56. The number of hydrogen-bond acceptors (Lipinski definition) is 4. The van der Waals surface area contributed by atoms with Crippen molar-refractivity contribution in [3.05, 3.63) is 77.1 Å². The van der Waals surface area contributed by atoms with Crippen molar-refractivity contribution in [2.45, 2.75) is 6.92 Å². The van der Waals surface area contributed by atoms with Gasteiger partial charge in [-0.25, -0.2) is 14.1 Å². The maximum atomic E-state index is 13.2. The quantitative estimate of drug-likeness (QED) is 0.578. The molecule has 1 aromatic carbocycles. The molecule has 0 radical (unpaired) electrons. The third-order valence-electron chi connectivity index (χ3n) is 4.06. The van der Waals surface area contributed by atoms with Crippen molar-refractivity contribution >= 4 is 34.2 Å². The van der Waals surface area contributed by atoms with E-state index in [2.05, 4.69) is 20.4 Å². The Bertz CT molecular complexity index is 1140. The lowest BCUT2D eigenvalue weighted by atomic mass is 10.2. The number of carbonyl (C=O) groups excluding carboxylic acids is 1. The van der Waals surface area contributed by atoms with E-state index in [9.17, 15) is 9.18 Å². The van der Waals surface area contributed by atoms with Gasteiger partial charge in [0.2, 0.25) is 0 Å². The molecule has 0 atom stereocenters. The summed E-state index contributed by atoms with van der Waals surface area (Å²) in [5.41, 5.74) is 2.59. The highest BCUT2D eigenvalue weighted by molar-refractivity contribution is 6.39. The van der Waals surface area contributed by atoms with Crippen LogP contribution in [0.25, 0.3) is 16.7 Å². The topological polar surface area (TPSA) is 72.7 Å². The summed E-state index contributed by atoms with van der Waals surface area (Å²) >= 11 is 6.51. The van der Waals surface area contributed by atoms with Crippen LogP contribution < -0.4 is 5.32 Å². The van der Waals surface area contributed by atoms with Crippen LogP contribution in [0.4, 0.5) is 10.1 Å². The Kier molecular flexibility index (Phi) is 4.29. The van der Waals surface area contributed by atoms with Gasteiger partial charge in [0, 0.05) is 24.3 Å². The number of pyridine rings is 2. The predicted molar refractivity (Wildman–Crippen MR) is 101 cm³/mol. The number of benzene rings is 1. The number of rotatable bonds is 3. The van der Waals surface area contributed by atoms with E-state index in [4.69, 9.17) is 11.6 Å². The van der Waals surface area contributed by atoms with E-state index in [-0.39, 0.29) is 22.3 Å². The Morgan fingerprint density at radius 1 is 1.15 bits per heavy atom. The molecule has 27 heavy (non-hydrogen) atoms. The molecule has 134 valence electrons. The second-order valence-corrected chi connectivity index (χ2v) is 6.23. The molecule has 0 fully saturated rings. The molecular formula is C19H13ClFN5O. The minimum absolute atomic E-state index is 0.239. The van der Waals surface area contributed by atoms with Crippen LogP contribution in [0.3, 0.4) is 0 Å². The van der Waals surface area contributed by atoms with Crippen LogP contribution in [0.1, 0.15) is 16.1 Å². The lowest BCUT2D eigenvalue weighted by Gasteiger charge is -2.08. The monoisotopic (exact) mass is 381 g/mol. The summed E-state index contributed by atoms with van der Waals surface area (Å²) in [5, 5.41) is 8.03. The summed E-state index contributed by atoms with van der Waals surface area (Å²) in [6.45, 7) is 1.78. The Labute approximate surface area is 158 Å². The second-order valence-electron chi connectivity index (χ2n) is 5.85. The minimum Gasteiger partial charge on any atom is -0.322 e. The Morgan fingerprint density at radius 3 is 2.56 bits per heavy atom. The van der Waals surface area contributed by atoms with Crippen molar-refractivity contribution in [1.29, 1.82) is 0 Å². The average molecular weight is 382 g/mol. The molecule has 0 saturated heterocycles. The van der Waals surface area contributed by atoms with Gasteiger partial charge in [-0.05, 0) is 43.3 Å². The molecule has 1 amide bonds. The van der Waals surface area contributed by atoms with Crippen LogP contribution in [0.15, 0.2) is 55.0 Å². The van der Waals surface area contributed by atoms with E-state index in [0.717, 1.165) is 0 Å². The molecule has 3 heterocycles. The van der Waals surface area contributed by atoms with Crippen molar-refractivity contribution in [2.24, 2.45) is 0 Å². The average Bonchev–Trinajstić information content (AvgIpc) is 3.01. The minimum atomic E-state index is -0.380. The van der Waals surface area contributed by atoms with Gasteiger partial charge in [0.25, 0.3) is 5.91 Å². The van der Waals surface area contributed by atoms with Gasteiger partial charge in [-0.2, -0.15) is 5.10 Å². The highest BCUT2D eigenvalue weighted by atomic mass is 35.5. The molecule has 8 heteroatoms. The summed E-state index contributed by atoms with van der Waals surface area (Å²) in [6, 6.07) is 9.24. The van der Waals surface area contributed by atoms with E-state index in [1.807, 2.05) is 0 Å². The van der Waals surface area contributed by atoms with Crippen LogP contribution in [0.2, 0.25) is 5.02 Å². The van der Waals surface area contributed by atoms with Gasteiger partial charge >= 0.3 is 0 Å². The second kappa shape index (κ2) is 6.77. The Morgan fingerprint density at radius 2 is 1.85 bits per heavy atom. The fourth-order valence-electron chi connectivity index (χ4n) is 2.76. The summed E-state index contributed by atoms with van der Waals surface area (Å²) in [7, 11) is 0. The Balaban J connectivity index is 1.77. The van der Waals surface area contributed by atoms with Gasteiger partial charge in [-0.3, -0.25) is 9.78 Å². The van der Waals surface area contributed by atoms with E-state index in [0.29, 0.717) is 28.1 Å². The molecule has 0 saturated carbocycles. The molecule has 6 nitrogen and oxygen atoms in total. The molecule has 4 aromatic rings.